The molecular formula is C20H24F3N3OS. The highest BCUT2D eigenvalue weighted by atomic mass is 32.1. The van der Waals surface area contributed by atoms with Crippen LogP contribution in [-0.2, 0) is 6.18 Å². The Hall–Kier alpha value is -2.06. The van der Waals surface area contributed by atoms with Gasteiger partial charge in [-0.1, -0.05) is 18.2 Å². The van der Waals surface area contributed by atoms with Gasteiger partial charge in [0.15, 0.2) is 0 Å². The Bertz CT molecular complexity index is 773. The van der Waals surface area contributed by atoms with Crippen LogP contribution in [-0.4, -0.2) is 30.6 Å². The van der Waals surface area contributed by atoms with Gasteiger partial charge in [-0.15, -0.1) is 11.3 Å². The molecule has 8 heteroatoms. The molecule has 1 aliphatic rings. The lowest BCUT2D eigenvalue weighted by Crippen LogP contribution is -2.42. The van der Waals surface area contributed by atoms with Crippen molar-refractivity contribution in [2.24, 2.45) is 0 Å². The molecule has 1 fully saturated rings. The average molecular weight is 411 g/mol. The van der Waals surface area contributed by atoms with E-state index in [1.54, 1.807) is 24.3 Å². The molecule has 2 amide bonds. The predicted molar refractivity (Wildman–Crippen MR) is 104 cm³/mol. The number of likely N-dealkylation sites (tertiary alicyclic amines) is 1. The fourth-order valence-corrected chi connectivity index (χ4v) is 4.31. The maximum Gasteiger partial charge on any atom is 0.416 e. The Kier molecular flexibility index (Phi) is 6.61. The van der Waals surface area contributed by atoms with Gasteiger partial charge in [0, 0.05) is 11.4 Å². The molecule has 3 rings (SSSR count). The Labute approximate surface area is 166 Å². The summed E-state index contributed by atoms with van der Waals surface area (Å²) in [6.45, 7) is 4.15. The van der Waals surface area contributed by atoms with Gasteiger partial charge in [-0.2, -0.15) is 13.2 Å². The third-order valence-electron chi connectivity index (χ3n) is 4.97. The van der Waals surface area contributed by atoms with Crippen LogP contribution >= 0.6 is 11.3 Å². The number of carbonyl (C=O) groups excluding carboxylic acids is 1. The molecule has 1 aliphatic heterocycles. The van der Waals surface area contributed by atoms with Crippen molar-refractivity contribution in [3.63, 3.8) is 0 Å². The third kappa shape index (κ3) is 5.26. The molecule has 28 heavy (non-hydrogen) atoms. The molecule has 1 aromatic carbocycles. The number of hydrogen-bond donors (Lipinski definition) is 2. The zero-order chi connectivity index (χ0) is 20.1. The summed E-state index contributed by atoms with van der Waals surface area (Å²) in [6.07, 6.45) is -2.09. The largest absolute Gasteiger partial charge is 0.416 e. The van der Waals surface area contributed by atoms with Gasteiger partial charge in [-0.25, -0.2) is 4.79 Å². The summed E-state index contributed by atoms with van der Waals surface area (Å²) in [5.41, 5.74) is -0.301. The van der Waals surface area contributed by atoms with Gasteiger partial charge in [0.2, 0.25) is 0 Å². The zero-order valence-electron chi connectivity index (χ0n) is 15.6. The van der Waals surface area contributed by atoms with E-state index < -0.39 is 17.8 Å². The lowest BCUT2D eigenvalue weighted by molar-refractivity contribution is -0.137. The van der Waals surface area contributed by atoms with E-state index in [2.05, 4.69) is 21.6 Å². The van der Waals surface area contributed by atoms with Gasteiger partial charge < -0.3 is 10.6 Å². The van der Waals surface area contributed by atoms with E-state index in [4.69, 9.17) is 0 Å². The second-order valence-electron chi connectivity index (χ2n) is 6.97. The van der Waals surface area contributed by atoms with E-state index in [0.29, 0.717) is 12.1 Å². The van der Waals surface area contributed by atoms with E-state index in [1.807, 2.05) is 11.4 Å². The van der Waals surface area contributed by atoms with E-state index in [-0.39, 0.29) is 12.1 Å². The minimum atomic E-state index is -4.40. The number of thiophene rings is 1. The van der Waals surface area contributed by atoms with Gasteiger partial charge in [0.1, 0.15) is 0 Å². The minimum Gasteiger partial charge on any atom is -0.336 e. The molecule has 2 atom stereocenters. The second kappa shape index (κ2) is 8.96. The second-order valence-corrected chi connectivity index (χ2v) is 7.95. The normalized spacial score (nSPS) is 17.3. The highest BCUT2D eigenvalue weighted by Gasteiger charge is 2.31. The Morgan fingerprint density at radius 2 is 1.96 bits per heavy atom. The fourth-order valence-electron chi connectivity index (χ4n) is 3.45. The molecule has 0 spiro atoms. The number of rotatable bonds is 6. The highest BCUT2D eigenvalue weighted by Crippen LogP contribution is 2.31. The number of hydrogen-bond acceptors (Lipinski definition) is 3. The van der Waals surface area contributed by atoms with Crippen molar-refractivity contribution in [3.05, 3.63) is 57.8 Å². The SMILES string of the molecule is CC(NC(=O)NCC(c1cccs1)N1CCCC1)c1cccc(C(F)(F)F)c1. The first-order chi connectivity index (χ1) is 13.3. The topological polar surface area (TPSA) is 44.4 Å². The van der Waals surface area contributed by atoms with Crippen LogP contribution in [0.3, 0.4) is 0 Å². The van der Waals surface area contributed by atoms with Crippen molar-refractivity contribution in [3.8, 4) is 0 Å². The Balaban J connectivity index is 1.58. The van der Waals surface area contributed by atoms with Crippen molar-refractivity contribution in [1.29, 1.82) is 0 Å². The summed E-state index contributed by atoms with van der Waals surface area (Å²) in [6, 6.07) is 8.31. The predicted octanol–water partition coefficient (Wildman–Crippen LogP) is 4.96. The van der Waals surface area contributed by atoms with E-state index in [0.717, 1.165) is 38.1 Å². The number of alkyl halides is 3. The van der Waals surface area contributed by atoms with Crippen LogP contribution in [0.1, 0.15) is 47.9 Å². The van der Waals surface area contributed by atoms with Crippen LogP contribution in [0, 0.1) is 0 Å². The smallest absolute Gasteiger partial charge is 0.336 e. The summed E-state index contributed by atoms with van der Waals surface area (Å²) in [7, 11) is 0. The maximum absolute atomic E-state index is 12.9. The molecule has 1 aromatic heterocycles. The first-order valence-corrected chi connectivity index (χ1v) is 10.2. The molecule has 0 radical (unpaired) electrons. The molecular weight excluding hydrogens is 387 g/mol. The number of benzene rings is 1. The van der Waals surface area contributed by atoms with Gasteiger partial charge in [-0.05, 0) is 62.0 Å². The molecule has 0 aliphatic carbocycles. The summed E-state index contributed by atoms with van der Waals surface area (Å²) < 4.78 is 38.6. The van der Waals surface area contributed by atoms with E-state index in [9.17, 15) is 18.0 Å². The van der Waals surface area contributed by atoms with E-state index in [1.165, 1.54) is 10.9 Å². The summed E-state index contributed by atoms with van der Waals surface area (Å²) in [5.74, 6) is 0. The molecule has 0 saturated carbocycles. The number of urea groups is 1. The molecule has 2 aromatic rings. The van der Waals surface area contributed by atoms with Crippen molar-refractivity contribution in [2.75, 3.05) is 19.6 Å². The number of nitrogens with zero attached hydrogens (tertiary/aromatic N) is 1. The van der Waals surface area contributed by atoms with Crippen LogP contribution in [0.5, 0.6) is 0 Å². The maximum atomic E-state index is 12.9. The first-order valence-electron chi connectivity index (χ1n) is 9.33. The van der Waals surface area contributed by atoms with E-state index >= 15 is 0 Å². The monoisotopic (exact) mass is 411 g/mol. The van der Waals surface area contributed by atoms with Crippen LogP contribution in [0.15, 0.2) is 41.8 Å². The Morgan fingerprint density at radius 3 is 2.61 bits per heavy atom. The standard InChI is InChI=1S/C20H24F3N3OS/c1-14(15-6-4-7-16(12-15)20(21,22)23)25-19(27)24-13-17(18-8-5-11-28-18)26-9-2-3-10-26/h4-8,11-12,14,17H,2-3,9-10,13H2,1H3,(H2,24,25,27). The quantitative estimate of drug-likeness (QED) is 0.705. The molecule has 1 saturated heterocycles. The average Bonchev–Trinajstić information content (AvgIpc) is 3.36. The third-order valence-corrected chi connectivity index (χ3v) is 5.94. The fraction of sp³-hybridized carbons (Fsp3) is 0.450. The van der Waals surface area contributed by atoms with Gasteiger partial charge in [0.05, 0.1) is 17.6 Å². The van der Waals surface area contributed by atoms with Crippen molar-refractivity contribution in [2.45, 2.75) is 38.0 Å². The molecule has 152 valence electrons. The number of carbonyl (C=O) groups is 1. The van der Waals surface area contributed by atoms with Crippen LogP contribution in [0.25, 0.3) is 0 Å². The van der Waals surface area contributed by atoms with Crippen LogP contribution in [0.2, 0.25) is 0 Å². The van der Waals surface area contributed by atoms with Gasteiger partial charge >= 0.3 is 12.2 Å². The number of halogens is 3. The van der Waals surface area contributed by atoms with Gasteiger partial charge in [0.25, 0.3) is 0 Å². The highest BCUT2D eigenvalue weighted by molar-refractivity contribution is 7.10. The first kappa shape index (κ1) is 20.7. The van der Waals surface area contributed by atoms with Crippen molar-refractivity contribution >= 4 is 17.4 Å². The van der Waals surface area contributed by atoms with Crippen LogP contribution in [0.4, 0.5) is 18.0 Å². The van der Waals surface area contributed by atoms with Crippen molar-refractivity contribution in [1.82, 2.24) is 15.5 Å². The summed E-state index contributed by atoms with van der Waals surface area (Å²) in [4.78, 5) is 15.9. The molecule has 2 N–H and O–H groups in total. The Morgan fingerprint density at radius 1 is 1.21 bits per heavy atom. The van der Waals surface area contributed by atoms with Crippen molar-refractivity contribution < 1.29 is 18.0 Å². The number of amides is 2. The number of nitrogens with one attached hydrogen (secondary N) is 2. The molecule has 0 bridgehead atoms. The lowest BCUT2D eigenvalue weighted by atomic mass is 10.1. The zero-order valence-corrected chi connectivity index (χ0v) is 16.4. The van der Waals surface area contributed by atoms with Gasteiger partial charge in [-0.3, -0.25) is 4.90 Å². The molecule has 4 nitrogen and oxygen atoms in total. The summed E-state index contributed by atoms with van der Waals surface area (Å²) >= 11 is 1.66. The lowest BCUT2D eigenvalue weighted by Gasteiger charge is -2.27. The molecule has 2 heterocycles. The summed E-state index contributed by atoms with van der Waals surface area (Å²) in [5, 5.41) is 7.64. The van der Waals surface area contributed by atoms with Crippen LogP contribution < -0.4 is 10.6 Å². The minimum absolute atomic E-state index is 0.122. The molecule has 2 unspecified atom stereocenters.